The zero-order valence-corrected chi connectivity index (χ0v) is 14.4. The number of hydrogen-bond donors (Lipinski definition) is 0. The molecule has 4 heteroatoms. The van der Waals surface area contributed by atoms with Gasteiger partial charge in [0.15, 0.2) is 0 Å². The van der Waals surface area contributed by atoms with Crippen molar-refractivity contribution < 1.29 is 0 Å². The van der Waals surface area contributed by atoms with Gasteiger partial charge in [-0.3, -0.25) is 0 Å². The molecule has 0 aromatic rings. The molecule has 0 aromatic heterocycles. The monoisotopic (exact) mass is 237 g/mol. The first kappa shape index (κ1) is 16.0. The zero-order chi connectivity index (χ0) is 12.5. The van der Waals surface area contributed by atoms with Gasteiger partial charge in [0.1, 0.15) is 0 Å². The van der Waals surface area contributed by atoms with E-state index in [1.54, 1.807) is 0 Å². The predicted octanol–water partition coefficient (Wildman–Crippen LogP) is 3.57. The van der Waals surface area contributed by atoms with Crippen LogP contribution in [0, 0.1) is 5.41 Å². The summed E-state index contributed by atoms with van der Waals surface area (Å²) in [7, 11) is -2.31. The molecule has 86 valence electrons. The van der Waals surface area contributed by atoms with Crippen LogP contribution in [0.15, 0.2) is 0 Å². The second-order valence-electron chi connectivity index (χ2n) is 7.45. The summed E-state index contributed by atoms with van der Waals surface area (Å²) in [6.07, 6.45) is 0. The fourth-order valence-corrected chi connectivity index (χ4v) is 11.9. The Morgan fingerprint density at radius 3 is 1.47 bits per heavy atom. The van der Waals surface area contributed by atoms with Crippen LogP contribution in [0.4, 0.5) is 0 Å². The van der Waals surface area contributed by atoms with Crippen LogP contribution in [-0.4, -0.2) is 45.0 Å². The molecule has 0 bridgehead atoms. The van der Waals surface area contributed by atoms with Crippen LogP contribution >= 0.6 is 0 Å². The van der Waals surface area contributed by atoms with E-state index in [9.17, 15) is 0 Å². The first-order valence-electron chi connectivity index (χ1n) is 6.18. The fraction of sp³-hybridized carbons (Fsp3) is 1.00. The van der Waals surface area contributed by atoms with Crippen LogP contribution in [0.2, 0.25) is 44.4 Å². The molecule has 0 rings (SSSR count). The Hall–Kier alpha value is 0.991. The van der Waals surface area contributed by atoms with E-state index in [0.29, 0.717) is 5.41 Å². The Balaban J connectivity index is 4.85. The molecular formula is C11H28LiNSi2. The van der Waals surface area contributed by atoms with Crippen LogP contribution < -0.4 is 0 Å². The summed E-state index contributed by atoms with van der Waals surface area (Å²) in [5.41, 5.74) is 0.473. The summed E-state index contributed by atoms with van der Waals surface area (Å²) < 4.78 is 2.89. The summed E-state index contributed by atoms with van der Waals surface area (Å²) in [6.45, 7) is 21.0. The van der Waals surface area contributed by atoms with Crippen LogP contribution in [0.25, 0.3) is 0 Å². The van der Waals surface area contributed by atoms with Crippen molar-refractivity contribution in [3.63, 3.8) is 0 Å². The second-order valence-corrected chi connectivity index (χ2v) is 17.7. The Labute approximate surface area is 108 Å². The average molecular weight is 237 g/mol. The van der Waals surface area contributed by atoms with Crippen LogP contribution in [0.3, 0.4) is 0 Å². The summed E-state index contributed by atoms with van der Waals surface area (Å²) >= 11 is 2.31. The van der Waals surface area contributed by atoms with E-state index in [0.717, 1.165) is 0 Å². The van der Waals surface area contributed by atoms with Gasteiger partial charge in [-0.15, -0.1) is 0 Å². The maximum atomic E-state index is 2.89. The average Bonchev–Trinajstić information content (AvgIpc) is 1.96. The van der Waals surface area contributed by atoms with Gasteiger partial charge in [0.2, 0.25) is 0 Å². The Morgan fingerprint density at radius 1 is 0.933 bits per heavy atom. The van der Waals surface area contributed by atoms with Crippen molar-refractivity contribution in [2.75, 3.05) is 6.54 Å². The van der Waals surface area contributed by atoms with E-state index in [1.165, 1.54) is 11.6 Å². The first-order valence-corrected chi connectivity index (χ1v) is 13.1. The molecule has 0 atom stereocenters. The number of hydrogen-bond acceptors (Lipinski definition) is 1. The molecule has 0 unspecified atom stereocenters. The van der Waals surface area contributed by atoms with Crippen molar-refractivity contribution in [2.24, 2.45) is 5.41 Å². The number of rotatable bonds is 5. The Kier molecular flexibility index (Phi) is 5.44. The molecule has 0 aliphatic rings. The third-order valence-electron chi connectivity index (χ3n) is 3.16. The fourth-order valence-electron chi connectivity index (χ4n) is 2.02. The minimum absolute atomic E-state index is 0.473. The van der Waals surface area contributed by atoms with Crippen molar-refractivity contribution in [2.45, 2.75) is 58.2 Å². The predicted molar refractivity (Wildman–Crippen MR) is 77.7 cm³/mol. The van der Waals surface area contributed by atoms with Gasteiger partial charge < -0.3 is 0 Å². The van der Waals surface area contributed by atoms with Crippen molar-refractivity contribution in [1.82, 2.24) is 4.23 Å². The van der Waals surface area contributed by atoms with E-state index < -0.39 is 16.5 Å². The van der Waals surface area contributed by atoms with Gasteiger partial charge in [0, 0.05) is 0 Å². The van der Waals surface area contributed by atoms with E-state index in [4.69, 9.17) is 0 Å². The van der Waals surface area contributed by atoms with Gasteiger partial charge in [0.05, 0.1) is 0 Å². The molecule has 0 N–H and O–H groups in total. The molecule has 0 saturated carbocycles. The van der Waals surface area contributed by atoms with Gasteiger partial charge in [-0.05, 0) is 0 Å². The van der Waals surface area contributed by atoms with Crippen molar-refractivity contribution in [3.05, 3.63) is 0 Å². The molecule has 0 aromatic carbocycles. The van der Waals surface area contributed by atoms with Gasteiger partial charge in [0.25, 0.3) is 0 Å². The van der Waals surface area contributed by atoms with Crippen LogP contribution in [0.1, 0.15) is 13.8 Å². The minimum atomic E-state index is -1.15. The molecule has 0 spiro atoms. The van der Waals surface area contributed by atoms with E-state index >= 15 is 0 Å². The van der Waals surface area contributed by atoms with E-state index in [-0.39, 0.29) is 0 Å². The van der Waals surface area contributed by atoms with Gasteiger partial charge in [-0.25, -0.2) is 0 Å². The zero-order valence-electron chi connectivity index (χ0n) is 12.4. The van der Waals surface area contributed by atoms with Crippen molar-refractivity contribution in [1.29, 1.82) is 0 Å². The molecule has 0 saturated heterocycles. The number of nitrogens with zero attached hydrogens (tertiary/aromatic N) is 1. The molecule has 1 nitrogen and oxygen atoms in total. The molecule has 15 heavy (non-hydrogen) atoms. The summed E-state index contributed by atoms with van der Waals surface area (Å²) in [6, 6.07) is 0. The SMILES string of the molecule is [Li][CH2]C(C)(C)CN([Si](C)(C)C)[Si](C)(C)C. The van der Waals surface area contributed by atoms with Gasteiger partial charge >= 0.3 is 109 Å². The first-order chi connectivity index (χ1) is 6.40. The molecular weight excluding hydrogens is 209 g/mol. The maximum absolute atomic E-state index is 2.89. The Bertz CT molecular complexity index is 190. The molecule has 0 aliphatic carbocycles. The molecule has 0 aliphatic heterocycles. The summed E-state index contributed by atoms with van der Waals surface area (Å²) in [5, 5.41) is 1.28. The van der Waals surface area contributed by atoms with E-state index in [2.05, 4.69) is 75.1 Å². The van der Waals surface area contributed by atoms with Crippen LogP contribution in [0.5, 0.6) is 0 Å². The standard InChI is InChI=1S/C11H28NSi2.Li/c1-11(2,3)10-12(13(4,5)6)14(7,8)9;/h1,10H2,2-9H3;. The Morgan fingerprint density at radius 2 is 1.27 bits per heavy atom. The third-order valence-corrected chi connectivity index (χ3v) is 10.7. The van der Waals surface area contributed by atoms with Crippen LogP contribution in [-0.2, 0) is 0 Å². The normalized spacial score (nSPS) is 14.9. The van der Waals surface area contributed by atoms with Crippen molar-refractivity contribution >= 4 is 34.2 Å². The molecule has 0 fully saturated rings. The molecule has 0 radical (unpaired) electrons. The summed E-state index contributed by atoms with van der Waals surface area (Å²) in [4.78, 5) is 0. The summed E-state index contributed by atoms with van der Waals surface area (Å²) in [5.74, 6) is 0. The van der Waals surface area contributed by atoms with Gasteiger partial charge in [-0.2, -0.15) is 0 Å². The van der Waals surface area contributed by atoms with E-state index in [1.807, 2.05) is 0 Å². The van der Waals surface area contributed by atoms with Gasteiger partial charge in [-0.1, -0.05) is 0 Å². The topological polar surface area (TPSA) is 3.24 Å². The van der Waals surface area contributed by atoms with Crippen molar-refractivity contribution in [3.8, 4) is 0 Å². The third kappa shape index (κ3) is 5.74. The quantitative estimate of drug-likeness (QED) is 0.661. The second kappa shape index (κ2) is 5.10. The molecule has 0 heterocycles. The molecule has 0 amide bonds.